The number of hydrogen-bond acceptors (Lipinski definition) is 7. The molecule has 2 unspecified atom stereocenters. The Morgan fingerprint density at radius 2 is 2.15 bits per heavy atom. The minimum absolute atomic E-state index is 0.0669. The summed E-state index contributed by atoms with van der Waals surface area (Å²) in [4.78, 5) is 0. The zero-order valence-corrected chi connectivity index (χ0v) is 7.78. The molecule has 0 aromatic heterocycles. The molecule has 0 fully saturated rings. The van der Waals surface area contributed by atoms with Gasteiger partial charge in [0, 0.05) is 6.54 Å². The Kier molecular flexibility index (Phi) is 5.56. The van der Waals surface area contributed by atoms with Gasteiger partial charge in [-0.1, -0.05) is 0 Å². The Labute approximate surface area is 77.8 Å². The van der Waals surface area contributed by atoms with Gasteiger partial charge in [-0.05, 0) is 7.05 Å². The lowest BCUT2D eigenvalue weighted by Gasteiger charge is -2.22. The number of likely N-dealkylation sites (N-methyl/N-ethyl adjacent to an activating group) is 1. The van der Waals surface area contributed by atoms with Crippen molar-refractivity contribution in [2.45, 2.75) is 18.5 Å². The molecule has 0 saturated heterocycles. The van der Waals surface area contributed by atoms with Crippen molar-refractivity contribution < 1.29 is 28.3 Å². The summed E-state index contributed by atoms with van der Waals surface area (Å²) in [6, 6.07) is 0. The van der Waals surface area contributed by atoms with Crippen LogP contribution in [0.5, 0.6) is 0 Å². The number of nitrogens with one attached hydrogen (secondary N) is 1. The van der Waals surface area contributed by atoms with Crippen LogP contribution in [0.4, 0.5) is 0 Å². The average molecular weight is 214 g/mol. The van der Waals surface area contributed by atoms with Gasteiger partial charge >= 0.3 is 0 Å². The van der Waals surface area contributed by atoms with Crippen molar-refractivity contribution in [1.82, 2.24) is 5.32 Å². The molecule has 4 N–H and O–H groups in total. The topological polar surface area (TPSA) is 122 Å². The van der Waals surface area contributed by atoms with Gasteiger partial charge in [0.15, 0.2) is 0 Å². The Morgan fingerprint density at radius 1 is 1.62 bits per heavy atom. The first kappa shape index (κ1) is 12.9. The lowest BCUT2D eigenvalue weighted by atomic mass is 10.2. The van der Waals surface area contributed by atoms with Gasteiger partial charge < -0.3 is 25.2 Å². The van der Waals surface area contributed by atoms with E-state index in [1.54, 1.807) is 0 Å². The van der Waals surface area contributed by atoms with Gasteiger partial charge in [-0.2, -0.15) is 0 Å². The summed E-state index contributed by atoms with van der Waals surface area (Å²) in [6.45, 7) is 0.0669. The fourth-order valence-electron chi connectivity index (χ4n) is 0.784. The van der Waals surface area contributed by atoms with E-state index in [0.717, 1.165) is 0 Å². The first-order valence-electron chi connectivity index (χ1n) is 3.43. The molecule has 0 aliphatic heterocycles. The minimum Gasteiger partial charge on any atom is -0.750 e. The molecule has 0 aliphatic rings. The molecule has 0 radical (unpaired) electrons. The summed E-state index contributed by atoms with van der Waals surface area (Å²) < 4.78 is 24.4. The second-order valence-electron chi connectivity index (χ2n) is 2.46. The second kappa shape index (κ2) is 5.60. The van der Waals surface area contributed by atoms with E-state index < -0.39 is 29.9 Å². The molecule has 7 nitrogen and oxygen atoms in total. The number of aliphatic hydroxyl groups is 3. The maximum Gasteiger partial charge on any atom is 0.277 e. The molecule has 13 heavy (non-hydrogen) atoms. The van der Waals surface area contributed by atoms with E-state index in [0.29, 0.717) is 0 Å². The summed E-state index contributed by atoms with van der Waals surface area (Å²) in [5.74, 6) is -2.93. The predicted molar refractivity (Wildman–Crippen MR) is 41.7 cm³/mol. The molecule has 0 aliphatic carbocycles. The third-order valence-electron chi connectivity index (χ3n) is 1.15. The highest BCUT2D eigenvalue weighted by atomic mass is 32.2. The molecule has 0 aromatic carbocycles. The summed E-state index contributed by atoms with van der Waals surface area (Å²) >= 11 is -2.76. The molecule has 0 spiro atoms. The van der Waals surface area contributed by atoms with Gasteiger partial charge in [-0.15, -0.1) is 0 Å². The van der Waals surface area contributed by atoms with Crippen LogP contribution in [-0.2, 0) is 15.5 Å². The van der Waals surface area contributed by atoms with Crippen molar-refractivity contribution in [3.63, 3.8) is 0 Å². The van der Waals surface area contributed by atoms with Crippen molar-refractivity contribution >= 4 is 11.4 Å². The van der Waals surface area contributed by atoms with Crippen LogP contribution in [0.1, 0.15) is 6.42 Å². The van der Waals surface area contributed by atoms with E-state index in [1.165, 1.54) is 7.05 Å². The quantitative estimate of drug-likeness (QED) is 0.282. The maximum atomic E-state index is 10.1. The molecule has 0 bridgehead atoms. The molecule has 0 amide bonds. The molecular weight excluding hydrogens is 202 g/mol. The minimum atomic E-state index is -2.93. The SMILES string of the molecule is CNCC(CC(O)(O)O)OS(=O)[O-]. The summed E-state index contributed by atoms with van der Waals surface area (Å²) in [5, 5.41) is 28.2. The third-order valence-corrected chi connectivity index (χ3v) is 1.58. The van der Waals surface area contributed by atoms with Gasteiger partial charge in [0.25, 0.3) is 5.97 Å². The monoisotopic (exact) mass is 214 g/mol. The largest absolute Gasteiger partial charge is 0.750 e. The number of rotatable bonds is 6. The fraction of sp³-hybridized carbons (Fsp3) is 1.00. The molecule has 0 rings (SSSR count). The van der Waals surface area contributed by atoms with Gasteiger partial charge in [-0.3, -0.25) is 4.18 Å². The summed E-state index contributed by atoms with van der Waals surface area (Å²) in [7, 11) is 1.53. The highest BCUT2D eigenvalue weighted by Crippen LogP contribution is 2.08. The van der Waals surface area contributed by atoms with Crippen LogP contribution in [0.15, 0.2) is 0 Å². The zero-order chi connectivity index (χ0) is 10.5. The van der Waals surface area contributed by atoms with Crippen LogP contribution in [0, 0.1) is 0 Å². The Hall–Kier alpha value is -0.0900. The van der Waals surface area contributed by atoms with Crippen molar-refractivity contribution in [2.24, 2.45) is 0 Å². The molecule has 0 saturated carbocycles. The van der Waals surface area contributed by atoms with Crippen molar-refractivity contribution in [2.75, 3.05) is 13.6 Å². The van der Waals surface area contributed by atoms with Crippen LogP contribution >= 0.6 is 0 Å². The molecule has 0 heterocycles. The summed E-state index contributed by atoms with van der Waals surface area (Å²) in [5.41, 5.74) is 0. The average Bonchev–Trinajstić information content (AvgIpc) is 1.81. The normalized spacial score (nSPS) is 17.0. The first-order chi connectivity index (χ1) is 5.85. The third kappa shape index (κ3) is 8.25. The van der Waals surface area contributed by atoms with Crippen molar-refractivity contribution in [3.8, 4) is 0 Å². The van der Waals surface area contributed by atoms with E-state index in [9.17, 15) is 8.76 Å². The maximum absolute atomic E-state index is 10.1. The first-order valence-corrected chi connectivity index (χ1v) is 4.43. The van der Waals surface area contributed by atoms with Crippen molar-refractivity contribution in [1.29, 1.82) is 0 Å². The Bertz CT molecular complexity index is 169. The Morgan fingerprint density at radius 3 is 2.46 bits per heavy atom. The molecular formula is C5H12NO6S-. The lowest BCUT2D eigenvalue weighted by Crippen LogP contribution is -2.38. The van der Waals surface area contributed by atoms with Gasteiger partial charge in [0.1, 0.15) is 0 Å². The van der Waals surface area contributed by atoms with Crippen molar-refractivity contribution in [3.05, 3.63) is 0 Å². The summed E-state index contributed by atoms with van der Waals surface area (Å²) in [6.07, 6.45) is -1.65. The van der Waals surface area contributed by atoms with Crippen LogP contribution < -0.4 is 5.32 Å². The van der Waals surface area contributed by atoms with E-state index >= 15 is 0 Å². The van der Waals surface area contributed by atoms with Gasteiger partial charge in [0.2, 0.25) is 0 Å². The molecule has 0 aromatic rings. The van der Waals surface area contributed by atoms with Crippen LogP contribution in [0.3, 0.4) is 0 Å². The molecule has 2 atom stereocenters. The van der Waals surface area contributed by atoms with E-state index in [1.807, 2.05) is 0 Å². The Balaban J connectivity index is 4.01. The van der Waals surface area contributed by atoms with Crippen LogP contribution in [0.2, 0.25) is 0 Å². The molecule has 80 valence electrons. The molecule has 8 heteroatoms. The smallest absolute Gasteiger partial charge is 0.277 e. The second-order valence-corrected chi connectivity index (χ2v) is 3.06. The standard InChI is InChI=1S/C5H13NO6S/c1-6-3-4(12-13(10)11)2-5(7,8)9/h4,6-9H,2-3H2,1H3,(H,10,11)/p-1. The van der Waals surface area contributed by atoms with Gasteiger partial charge in [0.05, 0.1) is 23.9 Å². The predicted octanol–water partition coefficient (Wildman–Crippen LogP) is -2.59. The highest BCUT2D eigenvalue weighted by Gasteiger charge is 2.25. The highest BCUT2D eigenvalue weighted by molar-refractivity contribution is 7.74. The van der Waals surface area contributed by atoms with E-state index in [4.69, 9.17) is 15.3 Å². The van der Waals surface area contributed by atoms with E-state index in [2.05, 4.69) is 9.50 Å². The van der Waals surface area contributed by atoms with Gasteiger partial charge in [-0.25, -0.2) is 4.21 Å². The van der Waals surface area contributed by atoms with Crippen LogP contribution in [0.25, 0.3) is 0 Å². The van der Waals surface area contributed by atoms with E-state index in [-0.39, 0.29) is 6.54 Å². The van der Waals surface area contributed by atoms with Crippen LogP contribution in [-0.4, -0.2) is 49.8 Å². The lowest BCUT2D eigenvalue weighted by molar-refractivity contribution is -0.321. The fourth-order valence-corrected chi connectivity index (χ4v) is 1.14. The number of hydrogen-bond donors (Lipinski definition) is 4. The zero-order valence-electron chi connectivity index (χ0n) is 6.97.